The Kier molecular flexibility index (Phi) is 8.49. The molecule has 1 aromatic carbocycles. The Labute approximate surface area is 127 Å². The van der Waals surface area contributed by atoms with Crippen LogP contribution in [0, 0.1) is 0 Å². The molecule has 0 heterocycles. The van der Waals surface area contributed by atoms with Crippen LogP contribution in [0.4, 0.5) is 5.69 Å². The monoisotopic (exact) mass is 313 g/mol. The van der Waals surface area contributed by atoms with Crippen molar-refractivity contribution in [3.63, 3.8) is 0 Å². The molecule has 2 N–H and O–H groups in total. The van der Waals surface area contributed by atoms with Crippen molar-refractivity contribution in [3.8, 4) is 0 Å². The summed E-state index contributed by atoms with van der Waals surface area (Å²) in [6.45, 7) is 0.792. The maximum Gasteiger partial charge on any atom is 0.313 e. The molecule has 0 aromatic heterocycles. The molecular weight excluding hydrogens is 294 g/mol. The number of carboxylic acid groups (broad SMARTS) is 1. The first-order valence-corrected chi connectivity index (χ1v) is 7.52. The molecule has 0 saturated heterocycles. The molecule has 21 heavy (non-hydrogen) atoms. The molecule has 0 aliphatic heterocycles. The van der Waals surface area contributed by atoms with E-state index in [2.05, 4.69) is 5.32 Å². The summed E-state index contributed by atoms with van der Waals surface area (Å²) in [6, 6.07) is 7.30. The molecule has 7 heteroatoms. The third kappa shape index (κ3) is 8.34. The standard InChI is InChI=1S/C14H19NO5S/c1-19-5-6-20-8-13(16)15-12-4-2-3-11(7-12)9-21-10-14(17)18/h2-4,7H,5-6,8-10H2,1H3,(H,15,16)(H,17,18). The van der Waals surface area contributed by atoms with E-state index in [1.54, 1.807) is 13.2 Å². The molecule has 1 rings (SSSR count). The minimum Gasteiger partial charge on any atom is -0.481 e. The van der Waals surface area contributed by atoms with Crippen molar-refractivity contribution in [1.82, 2.24) is 0 Å². The molecule has 6 nitrogen and oxygen atoms in total. The van der Waals surface area contributed by atoms with Gasteiger partial charge in [0.25, 0.3) is 0 Å². The van der Waals surface area contributed by atoms with E-state index in [-0.39, 0.29) is 18.3 Å². The van der Waals surface area contributed by atoms with Crippen LogP contribution < -0.4 is 5.32 Å². The average molecular weight is 313 g/mol. The first-order valence-electron chi connectivity index (χ1n) is 6.37. The van der Waals surface area contributed by atoms with Gasteiger partial charge in [-0.2, -0.15) is 0 Å². The van der Waals surface area contributed by atoms with Gasteiger partial charge in [-0.15, -0.1) is 11.8 Å². The van der Waals surface area contributed by atoms with E-state index < -0.39 is 5.97 Å². The first-order chi connectivity index (χ1) is 10.1. The maximum absolute atomic E-state index is 11.6. The van der Waals surface area contributed by atoms with Crippen molar-refractivity contribution >= 4 is 29.3 Å². The fourth-order valence-electron chi connectivity index (χ4n) is 1.50. The molecule has 0 radical (unpaired) electrons. The highest BCUT2D eigenvalue weighted by Gasteiger charge is 2.04. The van der Waals surface area contributed by atoms with E-state index in [4.69, 9.17) is 14.6 Å². The van der Waals surface area contributed by atoms with Crippen LogP contribution in [0.2, 0.25) is 0 Å². The van der Waals surface area contributed by atoms with Gasteiger partial charge in [0.2, 0.25) is 5.91 Å². The van der Waals surface area contributed by atoms with Crippen LogP contribution in [0.3, 0.4) is 0 Å². The van der Waals surface area contributed by atoms with Crippen molar-refractivity contribution < 1.29 is 24.2 Å². The third-order valence-corrected chi connectivity index (χ3v) is 3.36. The summed E-state index contributed by atoms with van der Waals surface area (Å²) in [4.78, 5) is 22.1. The molecule has 116 valence electrons. The number of thioether (sulfide) groups is 1. The van der Waals surface area contributed by atoms with Gasteiger partial charge in [-0.25, -0.2) is 0 Å². The van der Waals surface area contributed by atoms with E-state index in [0.717, 1.165) is 5.56 Å². The van der Waals surface area contributed by atoms with Crippen molar-refractivity contribution in [1.29, 1.82) is 0 Å². The smallest absolute Gasteiger partial charge is 0.313 e. The quantitative estimate of drug-likeness (QED) is 0.638. The molecule has 0 unspecified atom stereocenters. The molecule has 0 aliphatic carbocycles. The van der Waals surface area contributed by atoms with E-state index in [9.17, 15) is 9.59 Å². The highest BCUT2D eigenvalue weighted by Crippen LogP contribution is 2.16. The Morgan fingerprint density at radius 2 is 2.14 bits per heavy atom. The number of hydrogen-bond donors (Lipinski definition) is 2. The van der Waals surface area contributed by atoms with E-state index in [1.165, 1.54) is 11.8 Å². The van der Waals surface area contributed by atoms with Crippen molar-refractivity contribution in [2.75, 3.05) is 38.0 Å². The number of benzene rings is 1. The highest BCUT2D eigenvalue weighted by atomic mass is 32.2. The molecule has 0 atom stereocenters. The second kappa shape index (κ2) is 10.2. The fourth-order valence-corrected chi connectivity index (χ4v) is 2.19. The van der Waals surface area contributed by atoms with Crippen molar-refractivity contribution in [2.24, 2.45) is 0 Å². The number of carbonyl (C=O) groups excluding carboxylic acids is 1. The predicted octanol–water partition coefficient (Wildman–Crippen LogP) is 1.61. The molecule has 0 bridgehead atoms. The summed E-state index contributed by atoms with van der Waals surface area (Å²) >= 11 is 1.31. The third-order valence-electron chi connectivity index (χ3n) is 2.37. The topological polar surface area (TPSA) is 84.9 Å². The lowest BCUT2D eigenvalue weighted by Gasteiger charge is -2.08. The van der Waals surface area contributed by atoms with Crippen LogP contribution >= 0.6 is 11.8 Å². The van der Waals surface area contributed by atoms with Crippen molar-refractivity contribution in [2.45, 2.75) is 5.75 Å². The Bertz CT molecular complexity index is 466. The maximum atomic E-state index is 11.6. The molecule has 0 spiro atoms. The molecular formula is C14H19NO5S. The second-order valence-electron chi connectivity index (χ2n) is 4.18. The van der Waals surface area contributed by atoms with E-state index in [0.29, 0.717) is 24.7 Å². The lowest BCUT2D eigenvalue weighted by molar-refractivity contribution is -0.133. The Hall–Kier alpha value is -1.57. The van der Waals surface area contributed by atoms with Crippen molar-refractivity contribution in [3.05, 3.63) is 29.8 Å². The number of anilines is 1. The first kappa shape index (κ1) is 17.5. The zero-order chi connectivity index (χ0) is 15.5. The molecule has 1 aromatic rings. The SMILES string of the molecule is COCCOCC(=O)Nc1cccc(CSCC(=O)O)c1. The number of rotatable bonds is 10. The number of carboxylic acids is 1. The summed E-state index contributed by atoms with van der Waals surface area (Å²) in [7, 11) is 1.57. The van der Waals surface area contributed by atoms with Gasteiger partial charge in [-0.1, -0.05) is 12.1 Å². The van der Waals surface area contributed by atoms with E-state index >= 15 is 0 Å². The fraction of sp³-hybridized carbons (Fsp3) is 0.429. The largest absolute Gasteiger partial charge is 0.481 e. The Morgan fingerprint density at radius 1 is 1.33 bits per heavy atom. The van der Waals surface area contributed by atoms with Gasteiger partial charge >= 0.3 is 5.97 Å². The van der Waals surface area contributed by atoms with Crippen LogP contribution in [0.25, 0.3) is 0 Å². The second-order valence-corrected chi connectivity index (χ2v) is 5.17. The summed E-state index contributed by atoms with van der Waals surface area (Å²) in [5.41, 5.74) is 1.63. The average Bonchev–Trinajstić information content (AvgIpc) is 2.44. The Morgan fingerprint density at radius 3 is 2.86 bits per heavy atom. The summed E-state index contributed by atoms with van der Waals surface area (Å²) in [5, 5.41) is 11.3. The molecule has 0 saturated carbocycles. The lowest BCUT2D eigenvalue weighted by Crippen LogP contribution is -2.19. The van der Waals surface area contributed by atoms with Gasteiger partial charge in [0.1, 0.15) is 6.61 Å². The number of amides is 1. The van der Waals surface area contributed by atoms with Crippen LogP contribution in [0.15, 0.2) is 24.3 Å². The normalized spacial score (nSPS) is 10.3. The summed E-state index contributed by atoms with van der Waals surface area (Å²) in [5.74, 6) is -0.427. The summed E-state index contributed by atoms with van der Waals surface area (Å²) < 4.78 is 9.93. The van der Waals surface area contributed by atoms with Gasteiger partial charge < -0.3 is 19.9 Å². The molecule has 1 amide bonds. The number of hydrogen-bond acceptors (Lipinski definition) is 5. The minimum atomic E-state index is -0.835. The van der Waals surface area contributed by atoms with Crippen LogP contribution in [-0.2, 0) is 24.8 Å². The van der Waals surface area contributed by atoms with Crippen LogP contribution in [0.1, 0.15) is 5.56 Å². The summed E-state index contributed by atoms with van der Waals surface area (Å²) in [6.07, 6.45) is 0. The molecule has 0 fully saturated rings. The predicted molar refractivity (Wildman–Crippen MR) is 81.6 cm³/mol. The zero-order valence-corrected chi connectivity index (χ0v) is 12.6. The zero-order valence-electron chi connectivity index (χ0n) is 11.8. The Balaban J connectivity index is 2.37. The number of aliphatic carboxylic acids is 1. The number of methoxy groups -OCH3 is 1. The minimum absolute atomic E-state index is 0.0264. The van der Waals surface area contributed by atoms with E-state index in [1.807, 2.05) is 18.2 Å². The number of carbonyl (C=O) groups is 2. The van der Waals surface area contributed by atoms with Gasteiger partial charge in [-0.3, -0.25) is 9.59 Å². The van der Waals surface area contributed by atoms with Gasteiger partial charge in [0, 0.05) is 18.6 Å². The molecule has 0 aliphatic rings. The van der Waals surface area contributed by atoms with Crippen LogP contribution in [0.5, 0.6) is 0 Å². The van der Waals surface area contributed by atoms with Gasteiger partial charge in [0.15, 0.2) is 0 Å². The van der Waals surface area contributed by atoms with Crippen LogP contribution in [-0.4, -0.2) is 49.7 Å². The highest BCUT2D eigenvalue weighted by molar-refractivity contribution is 7.99. The van der Waals surface area contributed by atoms with Gasteiger partial charge in [-0.05, 0) is 17.7 Å². The lowest BCUT2D eigenvalue weighted by atomic mass is 10.2. The van der Waals surface area contributed by atoms with Gasteiger partial charge in [0.05, 0.1) is 19.0 Å². The number of ether oxygens (including phenoxy) is 2. The number of nitrogens with one attached hydrogen (secondary N) is 1.